The fourth-order valence-electron chi connectivity index (χ4n) is 1.24. The minimum atomic E-state index is -1.83. The summed E-state index contributed by atoms with van der Waals surface area (Å²) in [7, 11) is 0. The van der Waals surface area contributed by atoms with Gasteiger partial charge in [-0.2, -0.15) is 0 Å². The molecule has 0 aliphatic carbocycles. The zero-order valence-electron chi connectivity index (χ0n) is 9.10. The summed E-state index contributed by atoms with van der Waals surface area (Å²) in [5.74, 6) is -0.833. The maximum absolute atomic E-state index is 13.3. The first-order valence-electron chi connectivity index (χ1n) is 4.78. The summed E-state index contributed by atoms with van der Waals surface area (Å²) in [5.41, 5.74) is -0.486. The molecule has 82 valence electrons. The molecular formula is C12H14F2O. The Hall–Kier alpha value is -1.25. The van der Waals surface area contributed by atoms with Crippen molar-refractivity contribution >= 4 is 5.78 Å². The predicted molar refractivity (Wildman–Crippen MR) is 55.0 cm³/mol. The minimum Gasteiger partial charge on any atom is -0.296 e. The molecule has 0 saturated heterocycles. The van der Waals surface area contributed by atoms with E-state index in [0.717, 1.165) is 0 Å². The summed E-state index contributed by atoms with van der Waals surface area (Å²) in [6.45, 7) is 4.17. The molecule has 0 N–H and O–H groups in total. The average molecular weight is 212 g/mol. The van der Waals surface area contributed by atoms with Crippen LogP contribution >= 0.6 is 0 Å². The topological polar surface area (TPSA) is 17.1 Å². The van der Waals surface area contributed by atoms with Gasteiger partial charge in [-0.3, -0.25) is 4.79 Å². The van der Waals surface area contributed by atoms with Crippen molar-refractivity contribution in [2.24, 2.45) is 0 Å². The minimum absolute atomic E-state index is 0.00954. The molecule has 0 saturated carbocycles. The van der Waals surface area contributed by atoms with Crippen molar-refractivity contribution in [1.82, 2.24) is 0 Å². The van der Waals surface area contributed by atoms with E-state index in [0.29, 0.717) is 11.1 Å². The van der Waals surface area contributed by atoms with Crippen LogP contribution in [0.2, 0.25) is 0 Å². The Morgan fingerprint density at radius 2 is 2.00 bits per heavy atom. The number of carbonyl (C=O) groups excluding carboxylic acids is 1. The lowest BCUT2D eigenvalue weighted by Crippen LogP contribution is -2.27. The molecule has 1 aromatic rings. The second-order valence-electron chi connectivity index (χ2n) is 4.14. The molecule has 0 atom stereocenters. The molecule has 1 aromatic carbocycles. The van der Waals surface area contributed by atoms with Crippen LogP contribution in [0.25, 0.3) is 0 Å². The van der Waals surface area contributed by atoms with Crippen molar-refractivity contribution in [1.29, 1.82) is 0 Å². The fraction of sp³-hybridized carbons (Fsp3) is 0.417. The highest BCUT2D eigenvalue weighted by atomic mass is 19.1. The van der Waals surface area contributed by atoms with Crippen LogP contribution in [-0.4, -0.2) is 11.5 Å². The molecule has 0 aromatic heterocycles. The van der Waals surface area contributed by atoms with Gasteiger partial charge in [-0.1, -0.05) is 6.07 Å². The van der Waals surface area contributed by atoms with E-state index in [9.17, 15) is 13.6 Å². The molecule has 0 unspecified atom stereocenters. The number of rotatable bonds is 3. The van der Waals surface area contributed by atoms with Gasteiger partial charge in [0.05, 0.1) is 0 Å². The van der Waals surface area contributed by atoms with E-state index in [1.807, 2.05) is 0 Å². The molecule has 0 radical (unpaired) electrons. The maximum Gasteiger partial charge on any atom is 0.173 e. The number of benzene rings is 1. The standard InChI is InChI=1S/C12H14F2O/c1-8-6-10(13)5-4-9(8)7-11(15)12(2,3)14/h4-6H,7H2,1-3H3. The number of alkyl halides is 1. The van der Waals surface area contributed by atoms with E-state index in [4.69, 9.17) is 0 Å². The molecule has 0 aliphatic heterocycles. The summed E-state index contributed by atoms with van der Waals surface area (Å²) < 4.78 is 26.0. The Morgan fingerprint density at radius 3 is 2.47 bits per heavy atom. The SMILES string of the molecule is Cc1cc(F)ccc1CC(=O)C(C)(C)F. The lowest BCUT2D eigenvalue weighted by atomic mass is 9.96. The predicted octanol–water partition coefficient (Wildman–Crippen LogP) is 2.99. The van der Waals surface area contributed by atoms with Gasteiger partial charge in [-0.25, -0.2) is 8.78 Å². The zero-order valence-corrected chi connectivity index (χ0v) is 9.10. The van der Waals surface area contributed by atoms with Crippen molar-refractivity contribution in [3.8, 4) is 0 Å². The monoisotopic (exact) mass is 212 g/mol. The molecule has 0 spiro atoms. The molecule has 0 amide bonds. The fourth-order valence-corrected chi connectivity index (χ4v) is 1.24. The lowest BCUT2D eigenvalue weighted by Gasteiger charge is -2.13. The Balaban J connectivity index is 2.87. The summed E-state index contributed by atoms with van der Waals surface area (Å²) in [5, 5.41) is 0. The highest BCUT2D eigenvalue weighted by Gasteiger charge is 2.26. The van der Waals surface area contributed by atoms with E-state index < -0.39 is 11.5 Å². The van der Waals surface area contributed by atoms with Gasteiger partial charge in [-0.15, -0.1) is 0 Å². The van der Waals surface area contributed by atoms with Crippen LogP contribution in [0.15, 0.2) is 18.2 Å². The zero-order chi connectivity index (χ0) is 11.6. The van der Waals surface area contributed by atoms with Gasteiger partial charge in [0.15, 0.2) is 11.5 Å². The van der Waals surface area contributed by atoms with Gasteiger partial charge < -0.3 is 0 Å². The van der Waals surface area contributed by atoms with Crippen LogP contribution in [0.3, 0.4) is 0 Å². The third kappa shape index (κ3) is 3.11. The third-order valence-electron chi connectivity index (χ3n) is 2.32. The normalized spacial score (nSPS) is 11.5. The molecule has 0 bridgehead atoms. The molecule has 1 nitrogen and oxygen atoms in total. The van der Waals surface area contributed by atoms with Gasteiger partial charge >= 0.3 is 0 Å². The van der Waals surface area contributed by atoms with E-state index in [2.05, 4.69) is 0 Å². The number of hydrogen-bond donors (Lipinski definition) is 0. The third-order valence-corrected chi connectivity index (χ3v) is 2.32. The van der Waals surface area contributed by atoms with E-state index >= 15 is 0 Å². The van der Waals surface area contributed by atoms with Gasteiger partial charge in [-0.05, 0) is 44.0 Å². The Labute approximate surface area is 88.1 Å². The van der Waals surface area contributed by atoms with Crippen LogP contribution in [0.4, 0.5) is 8.78 Å². The summed E-state index contributed by atoms with van der Waals surface area (Å²) in [4.78, 5) is 11.4. The van der Waals surface area contributed by atoms with E-state index in [-0.39, 0.29) is 12.2 Å². The highest BCUT2D eigenvalue weighted by molar-refractivity contribution is 5.88. The highest BCUT2D eigenvalue weighted by Crippen LogP contribution is 2.17. The van der Waals surface area contributed by atoms with Crippen LogP contribution < -0.4 is 0 Å². The van der Waals surface area contributed by atoms with E-state index in [1.165, 1.54) is 32.0 Å². The Morgan fingerprint density at radius 1 is 1.40 bits per heavy atom. The van der Waals surface area contributed by atoms with Crippen molar-refractivity contribution in [2.45, 2.75) is 32.9 Å². The average Bonchev–Trinajstić information content (AvgIpc) is 2.08. The summed E-state index contributed by atoms with van der Waals surface area (Å²) >= 11 is 0. The van der Waals surface area contributed by atoms with Crippen molar-refractivity contribution in [3.63, 3.8) is 0 Å². The number of ketones is 1. The van der Waals surface area contributed by atoms with Gasteiger partial charge in [0, 0.05) is 6.42 Å². The van der Waals surface area contributed by atoms with Crippen LogP contribution in [0.1, 0.15) is 25.0 Å². The molecule has 0 aliphatic rings. The first-order chi connectivity index (χ1) is 6.80. The maximum atomic E-state index is 13.3. The molecular weight excluding hydrogens is 198 g/mol. The molecule has 15 heavy (non-hydrogen) atoms. The van der Waals surface area contributed by atoms with Crippen molar-refractivity contribution in [2.75, 3.05) is 0 Å². The quantitative estimate of drug-likeness (QED) is 0.752. The summed E-state index contributed by atoms with van der Waals surface area (Å²) in [6.07, 6.45) is 0.00954. The molecule has 0 heterocycles. The number of carbonyl (C=O) groups is 1. The Kier molecular flexibility index (Phi) is 3.22. The molecule has 3 heteroatoms. The molecule has 0 fully saturated rings. The largest absolute Gasteiger partial charge is 0.296 e. The Bertz CT molecular complexity index is 378. The van der Waals surface area contributed by atoms with Crippen molar-refractivity contribution in [3.05, 3.63) is 35.1 Å². The smallest absolute Gasteiger partial charge is 0.173 e. The number of halogens is 2. The van der Waals surface area contributed by atoms with Crippen molar-refractivity contribution < 1.29 is 13.6 Å². The van der Waals surface area contributed by atoms with Crippen LogP contribution in [0, 0.1) is 12.7 Å². The first kappa shape index (κ1) is 11.8. The van der Waals surface area contributed by atoms with E-state index in [1.54, 1.807) is 6.92 Å². The van der Waals surface area contributed by atoms with Gasteiger partial charge in [0.25, 0.3) is 0 Å². The van der Waals surface area contributed by atoms with Crippen LogP contribution in [0.5, 0.6) is 0 Å². The number of hydrogen-bond acceptors (Lipinski definition) is 1. The second kappa shape index (κ2) is 4.09. The number of Topliss-reactive ketones (excluding diaryl/α,β-unsaturated/α-hetero) is 1. The van der Waals surface area contributed by atoms with Gasteiger partial charge in [0.2, 0.25) is 0 Å². The second-order valence-corrected chi connectivity index (χ2v) is 4.14. The lowest BCUT2D eigenvalue weighted by molar-refractivity contribution is -0.127. The first-order valence-corrected chi connectivity index (χ1v) is 4.78. The number of aryl methyl sites for hydroxylation is 1. The molecule has 1 rings (SSSR count). The summed E-state index contributed by atoms with van der Waals surface area (Å²) in [6, 6.07) is 4.14. The van der Waals surface area contributed by atoms with Gasteiger partial charge in [0.1, 0.15) is 5.82 Å². The van der Waals surface area contributed by atoms with Crippen LogP contribution in [-0.2, 0) is 11.2 Å².